The molecule has 6 nitrogen and oxygen atoms in total. The Labute approximate surface area is 99.2 Å². The summed E-state index contributed by atoms with van der Waals surface area (Å²) in [5, 5.41) is 0. The fourth-order valence-electron chi connectivity index (χ4n) is 1.65. The van der Waals surface area contributed by atoms with Gasteiger partial charge >= 0.3 is 6.09 Å². The third kappa shape index (κ3) is 3.55. The molecule has 0 radical (unpaired) electrons. The fourth-order valence-corrected chi connectivity index (χ4v) is 1.65. The lowest BCUT2D eigenvalue weighted by Crippen LogP contribution is -2.49. The molecule has 1 aliphatic heterocycles. The topological polar surface area (TPSA) is 84.7 Å². The van der Waals surface area contributed by atoms with E-state index in [1.54, 1.807) is 20.8 Å². The van der Waals surface area contributed by atoms with Gasteiger partial charge in [0.25, 0.3) is 5.91 Å². The minimum Gasteiger partial charge on any atom is -0.444 e. The number of rotatable bonds is 1. The van der Waals surface area contributed by atoms with E-state index < -0.39 is 29.8 Å². The zero-order valence-corrected chi connectivity index (χ0v) is 10.2. The van der Waals surface area contributed by atoms with E-state index in [1.165, 1.54) is 0 Å². The van der Waals surface area contributed by atoms with Crippen LogP contribution >= 0.6 is 0 Å². The van der Waals surface area contributed by atoms with Crippen LogP contribution in [0.3, 0.4) is 0 Å². The largest absolute Gasteiger partial charge is 0.444 e. The minimum atomic E-state index is -1.23. The molecule has 0 unspecified atom stereocenters. The number of nitrogens with one attached hydrogen (secondary N) is 1. The second-order valence-electron chi connectivity index (χ2n) is 4.99. The molecule has 0 aromatic heterocycles. The van der Waals surface area contributed by atoms with Crippen LogP contribution < -0.4 is 11.3 Å². The minimum absolute atomic E-state index is 0.0533. The van der Waals surface area contributed by atoms with Crippen molar-refractivity contribution in [3.8, 4) is 0 Å². The van der Waals surface area contributed by atoms with Gasteiger partial charge in [-0.15, -0.1) is 0 Å². The molecular weight excluding hydrogens is 229 g/mol. The summed E-state index contributed by atoms with van der Waals surface area (Å²) < 4.78 is 18.3. The number of hydrogen-bond donors (Lipinski definition) is 2. The number of ether oxygens (including phenoxy) is 1. The van der Waals surface area contributed by atoms with Crippen LogP contribution in [0.5, 0.6) is 0 Å². The summed E-state index contributed by atoms with van der Waals surface area (Å²) in [6.45, 7) is 4.96. The highest BCUT2D eigenvalue weighted by Crippen LogP contribution is 2.23. The van der Waals surface area contributed by atoms with Crippen molar-refractivity contribution in [3.05, 3.63) is 0 Å². The number of amides is 2. The standard InChI is InChI=1S/C10H18FN3O3/c1-10(2,3)17-9(16)14-5-6(11)4-7(14)8(15)13-12/h6-7H,4-5,12H2,1-3H3,(H,13,15)/t6-,7-/m0/s1. The van der Waals surface area contributed by atoms with E-state index in [-0.39, 0.29) is 13.0 Å². The maximum absolute atomic E-state index is 13.2. The van der Waals surface area contributed by atoms with Crippen molar-refractivity contribution in [3.63, 3.8) is 0 Å². The molecule has 3 N–H and O–H groups in total. The third-order valence-electron chi connectivity index (χ3n) is 2.32. The van der Waals surface area contributed by atoms with Gasteiger partial charge in [0, 0.05) is 6.42 Å². The zero-order valence-electron chi connectivity index (χ0n) is 10.2. The Balaban J connectivity index is 2.73. The Bertz CT molecular complexity index is 316. The average molecular weight is 247 g/mol. The molecule has 1 fully saturated rings. The average Bonchev–Trinajstić information content (AvgIpc) is 2.56. The zero-order chi connectivity index (χ0) is 13.2. The number of halogens is 1. The first kappa shape index (κ1) is 13.7. The van der Waals surface area contributed by atoms with Gasteiger partial charge in [0.15, 0.2) is 0 Å². The molecule has 2 atom stereocenters. The van der Waals surface area contributed by atoms with Crippen LogP contribution in [-0.2, 0) is 9.53 Å². The van der Waals surface area contributed by atoms with Gasteiger partial charge in [0.1, 0.15) is 17.8 Å². The van der Waals surface area contributed by atoms with Gasteiger partial charge in [-0.05, 0) is 20.8 Å². The van der Waals surface area contributed by atoms with Crippen molar-refractivity contribution in [1.82, 2.24) is 10.3 Å². The van der Waals surface area contributed by atoms with Crippen LogP contribution in [0.1, 0.15) is 27.2 Å². The summed E-state index contributed by atoms with van der Waals surface area (Å²) in [5.74, 6) is 4.40. The molecule has 1 saturated heterocycles. The molecule has 7 heteroatoms. The molecule has 0 aromatic rings. The Morgan fingerprint density at radius 3 is 2.53 bits per heavy atom. The molecule has 0 aromatic carbocycles. The van der Waals surface area contributed by atoms with E-state index in [1.807, 2.05) is 5.43 Å². The Morgan fingerprint density at radius 1 is 1.47 bits per heavy atom. The van der Waals surface area contributed by atoms with E-state index in [4.69, 9.17) is 10.6 Å². The van der Waals surface area contributed by atoms with E-state index >= 15 is 0 Å². The molecule has 0 spiro atoms. The second kappa shape index (κ2) is 4.87. The number of hydrogen-bond acceptors (Lipinski definition) is 4. The monoisotopic (exact) mass is 247 g/mol. The number of carbonyl (C=O) groups excluding carboxylic acids is 2. The van der Waals surface area contributed by atoms with Gasteiger partial charge in [0.05, 0.1) is 6.54 Å². The first-order valence-electron chi connectivity index (χ1n) is 5.38. The van der Waals surface area contributed by atoms with Crippen LogP contribution in [0.25, 0.3) is 0 Å². The van der Waals surface area contributed by atoms with Crippen LogP contribution in [0.4, 0.5) is 9.18 Å². The highest BCUT2D eigenvalue weighted by atomic mass is 19.1. The summed E-state index contributed by atoms with van der Waals surface area (Å²) in [4.78, 5) is 24.2. The smallest absolute Gasteiger partial charge is 0.411 e. The van der Waals surface area contributed by atoms with Crippen LogP contribution in [0.15, 0.2) is 0 Å². The summed E-state index contributed by atoms with van der Waals surface area (Å²) in [7, 11) is 0. The van der Waals surface area contributed by atoms with Crippen molar-refractivity contribution >= 4 is 12.0 Å². The SMILES string of the molecule is CC(C)(C)OC(=O)N1C[C@@H](F)C[C@H]1C(=O)NN. The van der Waals surface area contributed by atoms with Crippen LogP contribution in [0.2, 0.25) is 0 Å². The van der Waals surface area contributed by atoms with Crippen LogP contribution in [-0.4, -0.2) is 41.3 Å². The highest BCUT2D eigenvalue weighted by Gasteiger charge is 2.41. The summed E-state index contributed by atoms with van der Waals surface area (Å²) >= 11 is 0. The van der Waals surface area contributed by atoms with E-state index in [0.717, 1.165) is 4.90 Å². The molecular formula is C10H18FN3O3. The normalized spacial score (nSPS) is 24.6. The molecule has 98 valence electrons. The third-order valence-corrected chi connectivity index (χ3v) is 2.32. The van der Waals surface area contributed by atoms with Crippen molar-refractivity contribution in [1.29, 1.82) is 0 Å². The Morgan fingerprint density at radius 2 is 2.06 bits per heavy atom. The van der Waals surface area contributed by atoms with E-state index in [2.05, 4.69) is 0 Å². The molecule has 1 aliphatic rings. The van der Waals surface area contributed by atoms with Crippen molar-refractivity contribution in [2.45, 2.75) is 45.0 Å². The maximum atomic E-state index is 13.2. The Hall–Kier alpha value is -1.37. The number of nitrogens with two attached hydrogens (primary N) is 1. The van der Waals surface area contributed by atoms with Gasteiger partial charge in [-0.25, -0.2) is 15.0 Å². The van der Waals surface area contributed by atoms with Gasteiger partial charge in [-0.1, -0.05) is 0 Å². The molecule has 1 rings (SSSR count). The molecule has 0 aliphatic carbocycles. The summed E-state index contributed by atoms with van der Waals surface area (Å²) in [6.07, 6.45) is -1.99. The number of nitrogens with zero attached hydrogens (tertiary/aromatic N) is 1. The van der Waals surface area contributed by atoms with E-state index in [0.29, 0.717) is 0 Å². The van der Waals surface area contributed by atoms with E-state index in [9.17, 15) is 14.0 Å². The number of carbonyl (C=O) groups is 2. The summed E-state index contributed by atoms with van der Waals surface area (Å²) in [5.41, 5.74) is 1.23. The lowest BCUT2D eigenvalue weighted by atomic mass is 10.2. The lowest BCUT2D eigenvalue weighted by Gasteiger charge is -2.27. The second-order valence-corrected chi connectivity index (χ2v) is 4.99. The fraction of sp³-hybridized carbons (Fsp3) is 0.800. The maximum Gasteiger partial charge on any atom is 0.411 e. The van der Waals surface area contributed by atoms with Gasteiger partial charge in [0.2, 0.25) is 0 Å². The van der Waals surface area contributed by atoms with Gasteiger partial charge in [-0.3, -0.25) is 15.1 Å². The number of alkyl halides is 1. The predicted octanol–water partition coefficient (Wildman–Crippen LogP) is 0.324. The molecule has 0 bridgehead atoms. The van der Waals surface area contributed by atoms with Crippen molar-refractivity contribution < 1.29 is 18.7 Å². The molecule has 2 amide bonds. The molecule has 0 saturated carbocycles. The van der Waals surface area contributed by atoms with Crippen LogP contribution in [0, 0.1) is 0 Å². The van der Waals surface area contributed by atoms with Gasteiger partial charge < -0.3 is 4.74 Å². The summed E-state index contributed by atoms with van der Waals surface area (Å²) in [6, 6.07) is -0.898. The van der Waals surface area contributed by atoms with Gasteiger partial charge in [-0.2, -0.15) is 0 Å². The van der Waals surface area contributed by atoms with Crippen molar-refractivity contribution in [2.24, 2.45) is 5.84 Å². The predicted molar refractivity (Wildman–Crippen MR) is 58.6 cm³/mol. The lowest BCUT2D eigenvalue weighted by molar-refractivity contribution is -0.125. The first-order chi connectivity index (χ1) is 7.74. The number of likely N-dealkylation sites (tertiary alicyclic amines) is 1. The Kier molecular flexibility index (Phi) is 3.92. The van der Waals surface area contributed by atoms with Crippen molar-refractivity contribution in [2.75, 3.05) is 6.54 Å². The number of hydrazine groups is 1. The first-order valence-corrected chi connectivity index (χ1v) is 5.38. The molecule has 1 heterocycles. The quantitative estimate of drug-likeness (QED) is 0.397. The molecule has 17 heavy (non-hydrogen) atoms. The highest BCUT2D eigenvalue weighted by molar-refractivity contribution is 5.86.